The molecule has 2 aliphatic rings. The lowest BCUT2D eigenvalue weighted by Crippen LogP contribution is -2.64. The Balaban J connectivity index is 2.07. The number of halogens is 1. The number of hydrogen-bond donors (Lipinski definition) is 0. The molecule has 0 saturated carbocycles. The second-order valence-corrected chi connectivity index (χ2v) is 12.2. The van der Waals surface area contributed by atoms with Crippen molar-refractivity contribution in [2.45, 2.75) is 48.1 Å². The van der Waals surface area contributed by atoms with Crippen LogP contribution in [0.4, 0.5) is 5.69 Å². The number of ether oxygens (including phenoxy) is 3. The minimum absolute atomic E-state index is 0.0667. The van der Waals surface area contributed by atoms with Crippen molar-refractivity contribution in [3.05, 3.63) is 59.7 Å². The Morgan fingerprint density at radius 1 is 1.00 bits per heavy atom. The van der Waals surface area contributed by atoms with Crippen molar-refractivity contribution in [1.82, 2.24) is 4.90 Å². The lowest BCUT2D eigenvalue weighted by molar-refractivity contribution is -0.177. The average molecular weight is 623 g/mol. The molecular weight excluding hydrogens is 596 g/mol. The van der Waals surface area contributed by atoms with Gasteiger partial charge in [-0.3, -0.25) is 9.69 Å². The summed E-state index contributed by atoms with van der Waals surface area (Å²) in [6.45, 7) is 4.02. The number of carbonyl (C=O) groups excluding carboxylic acids is 4. The molecule has 0 unspecified atom stereocenters. The molecule has 208 valence electrons. The predicted molar refractivity (Wildman–Crippen MR) is 141 cm³/mol. The molecule has 2 aliphatic heterocycles. The van der Waals surface area contributed by atoms with E-state index in [2.05, 4.69) is 15.9 Å². The van der Waals surface area contributed by atoms with Crippen LogP contribution in [0, 0.1) is 0 Å². The zero-order valence-corrected chi connectivity index (χ0v) is 24.1. The molecule has 0 bridgehead atoms. The van der Waals surface area contributed by atoms with Gasteiger partial charge in [-0.2, -0.15) is 0 Å². The van der Waals surface area contributed by atoms with E-state index in [1.165, 1.54) is 49.6 Å². The summed E-state index contributed by atoms with van der Waals surface area (Å²) < 4.78 is 43.3. The molecule has 2 aromatic carbocycles. The van der Waals surface area contributed by atoms with Gasteiger partial charge in [0.25, 0.3) is 10.0 Å². The zero-order chi connectivity index (χ0) is 28.8. The van der Waals surface area contributed by atoms with Crippen LogP contribution in [0.15, 0.2) is 53.4 Å². The van der Waals surface area contributed by atoms with Crippen LogP contribution >= 0.6 is 15.9 Å². The molecule has 0 N–H and O–H groups in total. The highest BCUT2D eigenvalue weighted by Gasteiger charge is 2.74. The Morgan fingerprint density at radius 3 is 2.10 bits per heavy atom. The van der Waals surface area contributed by atoms with Crippen molar-refractivity contribution in [2.24, 2.45) is 0 Å². The smallest absolute Gasteiger partial charge is 0.344 e. The Labute approximate surface area is 234 Å². The van der Waals surface area contributed by atoms with E-state index in [-0.39, 0.29) is 29.4 Å². The number of alkyl halides is 1. The fraction of sp³-hybridized carbons (Fsp3) is 0.385. The maximum atomic E-state index is 14.2. The molecule has 11 nitrogen and oxygen atoms in total. The molecule has 0 spiro atoms. The summed E-state index contributed by atoms with van der Waals surface area (Å²) >= 11 is 3.65. The van der Waals surface area contributed by atoms with Gasteiger partial charge >= 0.3 is 17.9 Å². The lowest BCUT2D eigenvalue weighted by Gasteiger charge is -2.39. The number of amides is 1. The van der Waals surface area contributed by atoms with E-state index in [0.717, 1.165) is 16.1 Å². The molecule has 0 aromatic heterocycles. The maximum Gasteiger partial charge on any atom is 0.344 e. The molecule has 4 rings (SSSR count). The van der Waals surface area contributed by atoms with E-state index in [1.807, 2.05) is 0 Å². The largest absolute Gasteiger partial charge is 0.465 e. The van der Waals surface area contributed by atoms with Gasteiger partial charge in [0.2, 0.25) is 11.4 Å². The number of rotatable bonds is 7. The lowest BCUT2D eigenvalue weighted by atomic mass is 9.87. The molecule has 2 aromatic rings. The normalized spacial score (nSPS) is 21.1. The number of esters is 3. The molecule has 0 aliphatic carbocycles. The standard InChI is InChI=1S/C26H27BrN2O9S/c1-5-37-23(32)26(24(33)38-6-2)15-25(27)19-13-12-17(21(31)36-4)14-20(19)29(22(25)28(26)16(3)30)39(34,35)18-10-8-7-9-11-18/h7-14,22H,5-6,15H2,1-4H3/t22-,25-/m1/s1. The fourth-order valence-electron chi connectivity index (χ4n) is 5.26. The quantitative estimate of drug-likeness (QED) is 0.197. The van der Waals surface area contributed by atoms with Gasteiger partial charge in [-0.1, -0.05) is 40.2 Å². The van der Waals surface area contributed by atoms with Crippen molar-refractivity contribution in [1.29, 1.82) is 0 Å². The number of carbonyl (C=O) groups is 4. The van der Waals surface area contributed by atoms with Gasteiger partial charge in [0.05, 0.1) is 40.8 Å². The summed E-state index contributed by atoms with van der Waals surface area (Å²) in [4.78, 5) is 53.6. The fourth-order valence-corrected chi connectivity index (χ4v) is 8.22. The first kappa shape index (κ1) is 28.6. The van der Waals surface area contributed by atoms with Crippen molar-refractivity contribution < 1.29 is 41.8 Å². The van der Waals surface area contributed by atoms with Crippen LogP contribution in [-0.4, -0.2) is 69.2 Å². The molecule has 2 atom stereocenters. The molecule has 39 heavy (non-hydrogen) atoms. The van der Waals surface area contributed by atoms with Crippen LogP contribution in [0.1, 0.15) is 43.1 Å². The number of hydrogen-bond acceptors (Lipinski definition) is 9. The van der Waals surface area contributed by atoms with E-state index < -0.39 is 56.3 Å². The van der Waals surface area contributed by atoms with Crippen LogP contribution in [0.2, 0.25) is 0 Å². The molecule has 1 fully saturated rings. The van der Waals surface area contributed by atoms with E-state index >= 15 is 0 Å². The second kappa shape index (κ2) is 10.3. The topological polar surface area (TPSA) is 137 Å². The first-order valence-corrected chi connectivity index (χ1v) is 14.3. The Bertz CT molecular complexity index is 1430. The summed E-state index contributed by atoms with van der Waals surface area (Å²) in [5.74, 6) is -3.56. The average Bonchev–Trinajstić information content (AvgIpc) is 3.33. The van der Waals surface area contributed by atoms with E-state index in [0.29, 0.717) is 5.56 Å². The zero-order valence-electron chi connectivity index (χ0n) is 21.7. The Morgan fingerprint density at radius 2 is 1.59 bits per heavy atom. The summed E-state index contributed by atoms with van der Waals surface area (Å²) in [6, 6.07) is 11.8. The van der Waals surface area contributed by atoms with E-state index in [1.54, 1.807) is 19.9 Å². The highest BCUT2D eigenvalue weighted by molar-refractivity contribution is 9.09. The third kappa shape index (κ3) is 4.18. The maximum absolute atomic E-state index is 14.2. The van der Waals surface area contributed by atoms with Crippen LogP contribution in [-0.2, 0) is 42.9 Å². The minimum Gasteiger partial charge on any atom is -0.465 e. The number of nitrogens with zero attached hydrogens (tertiary/aromatic N) is 2. The number of likely N-dealkylation sites (tertiary alicyclic amines) is 1. The van der Waals surface area contributed by atoms with Gasteiger partial charge in [-0.15, -0.1) is 0 Å². The molecule has 1 saturated heterocycles. The number of anilines is 1. The van der Waals surface area contributed by atoms with Crippen LogP contribution in [0.25, 0.3) is 0 Å². The van der Waals surface area contributed by atoms with Crippen LogP contribution in [0.3, 0.4) is 0 Å². The van der Waals surface area contributed by atoms with E-state index in [4.69, 9.17) is 14.2 Å². The van der Waals surface area contributed by atoms with Crippen molar-refractivity contribution in [3.63, 3.8) is 0 Å². The van der Waals surface area contributed by atoms with Crippen molar-refractivity contribution in [3.8, 4) is 0 Å². The number of fused-ring (bicyclic) bond motifs is 3. The summed E-state index contributed by atoms with van der Waals surface area (Å²) in [6.07, 6.45) is -1.84. The number of sulfonamides is 1. The third-order valence-electron chi connectivity index (χ3n) is 6.77. The first-order valence-electron chi connectivity index (χ1n) is 12.1. The van der Waals surface area contributed by atoms with Gasteiger partial charge in [-0.05, 0) is 43.7 Å². The number of methoxy groups -OCH3 is 1. The minimum atomic E-state index is -4.43. The van der Waals surface area contributed by atoms with Crippen LogP contribution in [0.5, 0.6) is 0 Å². The van der Waals surface area contributed by atoms with Gasteiger partial charge in [-0.25, -0.2) is 27.1 Å². The predicted octanol–water partition coefficient (Wildman–Crippen LogP) is 2.72. The van der Waals surface area contributed by atoms with Crippen molar-refractivity contribution >= 4 is 55.5 Å². The highest BCUT2D eigenvalue weighted by atomic mass is 79.9. The van der Waals surface area contributed by atoms with Gasteiger partial charge in [0, 0.05) is 13.3 Å². The van der Waals surface area contributed by atoms with Gasteiger partial charge < -0.3 is 14.2 Å². The summed E-state index contributed by atoms with van der Waals surface area (Å²) in [5.41, 5.74) is -1.82. The molecular formula is C26H27BrN2O9S. The second-order valence-electron chi connectivity index (χ2n) is 8.94. The number of benzene rings is 2. The SMILES string of the molecule is CCOC(=O)C1(C(=O)OCC)C[C@@]2(Br)c3ccc(C(=O)OC)cc3N(S(=O)(=O)c3ccccc3)[C@H]2N1C(C)=O. The molecule has 13 heteroatoms. The molecule has 0 radical (unpaired) electrons. The van der Waals surface area contributed by atoms with Crippen molar-refractivity contribution in [2.75, 3.05) is 24.6 Å². The summed E-state index contributed by atoms with van der Waals surface area (Å²) in [7, 11) is -3.24. The van der Waals surface area contributed by atoms with E-state index in [9.17, 15) is 27.6 Å². The van der Waals surface area contributed by atoms with Gasteiger partial charge in [0.1, 0.15) is 6.17 Å². The first-order chi connectivity index (χ1) is 18.4. The molecule has 1 amide bonds. The highest BCUT2D eigenvalue weighted by Crippen LogP contribution is 2.62. The molecule has 2 heterocycles. The Kier molecular flexibility index (Phi) is 7.52. The van der Waals surface area contributed by atoms with Gasteiger partial charge in [0.15, 0.2) is 0 Å². The Hall–Kier alpha value is -3.45. The third-order valence-corrected chi connectivity index (χ3v) is 9.67. The monoisotopic (exact) mass is 622 g/mol. The van der Waals surface area contributed by atoms with Crippen LogP contribution < -0.4 is 4.31 Å². The summed E-state index contributed by atoms with van der Waals surface area (Å²) in [5, 5.41) is 0.